The van der Waals surface area contributed by atoms with Gasteiger partial charge in [-0.25, -0.2) is 4.99 Å². The summed E-state index contributed by atoms with van der Waals surface area (Å²) in [7, 11) is 3.69. The first-order chi connectivity index (χ1) is 12.3. The number of nitrogens with zero attached hydrogens (tertiary/aromatic N) is 4. The van der Waals surface area contributed by atoms with E-state index in [2.05, 4.69) is 46.6 Å². The van der Waals surface area contributed by atoms with E-state index in [1.54, 1.807) is 7.11 Å². The molecule has 0 amide bonds. The van der Waals surface area contributed by atoms with Gasteiger partial charge >= 0.3 is 0 Å². The number of halogens is 1. The lowest BCUT2D eigenvalue weighted by molar-refractivity contribution is 0.0205. The van der Waals surface area contributed by atoms with Gasteiger partial charge in [0.05, 0.1) is 6.10 Å². The fourth-order valence-corrected chi connectivity index (χ4v) is 2.37. The van der Waals surface area contributed by atoms with Crippen LogP contribution in [0.3, 0.4) is 0 Å². The molecule has 0 aliphatic heterocycles. The highest BCUT2D eigenvalue weighted by Gasteiger charge is 2.24. The number of methoxy groups -OCH3 is 1. The van der Waals surface area contributed by atoms with Crippen molar-refractivity contribution in [1.29, 1.82) is 0 Å². The van der Waals surface area contributed by atoms with Crippen LogP contribution in [0, 0.1) is 12.3 Å². The van der Waals surface area contributed by atoms with Gasteiger partial charge in [0, 0.05) is 40.5 Å². The quantitative estimate of drug-likeness (QED) is 0.224. The van der Waals surface area contributed by atoms with Crippen LogP contribution in [0.4, 0.5) is 0 Å². The van der Waals surface area contributed by atoms with Crippen molar-refractivity contribution in [3.63, 3.8) is 0 Å². The van der Waals surface area contributed by atoms with Gasteiger partial charge in [0.25, 0.3) is 0 Å². The Morgan fingerprint density at radius 1 is 1.26 bits per heavy atom. The number of aryl methyl sites for hydroxylation is 1. The number of rotatable bonds is 10. The molecule has 0 aromatic carbocycles. The fourth-order valence-electron chi connectivity index (χ4n) is 2.37. The molecule has 8 nitrogen and oxygen atoms in total. The Balaban J connectivity index is 0.00000676. The minimum atomic E-state index is 0. The van der Waals surface area contributed by atoms with Gasteiger partial charge in [-0.3, -0.25) is 0 Å². The number of aliphatic imine (C=N–C) groups is 1. The first-order valence-electron chi connectivity index (χ1n) is 9.27. The van der Waals surface area contributed by atoms with Crippen LogP contribution in [0.2, 0.25) is 0 Å². The summed E-state index contributed by atoms with van der Waals surface area (Å²) in [6.45, 7) is 13.8. The van der Waals surface area contributed by atoms with Crippen LogP contribution < -0.4 is 10.6 Å². The van der Waals surface area contributed by atoms with E-state index in [1.165, 1.54) is 0 Å². The zero-order valence-corrected chi connectivity index (χ0v) is 20.2. The minimum absolute atomic E-state index is 0. The van der Waals surface area contributed by atoms with E-state index in [0.29, 0.717) is 13.1 Å². The second kappa shape index (κ2) is 13.3. The Morgan fingerprint density at radius 3 is 2.48 bits per heavy atom. The summed E-state index contributed by atoms with van der Waals surface area (Å²) in [5.74, 6) is 2.45. The molecule has 0 aliphatic rings. The van der Waals surface area contributed by atoms with Crippen LogP contribution in [0.15, 0.2) is 4.99 Å². The number of guanidine groups is 1. The molecule has 0 bridgehead atoms. The molecule has 0 radical (unpaired) electrons. The van der Waals surface area contributed by atoms with E-state index < -0.39 is 0 Å². The maximum atomic E-state index is 5.62. The van der Waals surface area contributed by atoms with E-state index >= 15 is 0 Å². The topological polar surface area (TPSA) is 85.6 Å². The van der Waals surface area contributed by atoms with Gasteiger partial charge in [-0.15, -0.1) is 34.2 Å². The molecule has 0 saturated carbocycles. The zero-order chi connectivity index (χ0) is 19.6. The van der Waals surface area contributed by atoms with Gasteiger partial charge in [0.1, 0.15) is 12.4 Å². The third kappa shape index (κ3) is 9.70. The van der Waals surface area contributed by atoms with E-state index in [4.69, 9.17) is 9.47 Å². The van der Waals surface area contributed by atoms with Crippen molar-refractivity contribution < 1.29 is 9.47 Å². The first kappa shape index (κ1) is 26.1. The lowest BCUT2D eigenvalue weighted by atomic mass is 9.89. The summed E-state index contributed by atoms with van der Waals surface area (Å²) in [6, 6.07) is 0. The molecule has 1 aromatic rings. The Hall–Kier alpha value is -0.940. The van der Waals surface area contributed by atoms with Gasteiger partial charge in [0.2, 0.25) is 0 Å². The number of hydrogen-bond donors (Lipinski definition) is 2. The number of ether oxygens (including phenoxy) is 2. The van der Waals surface area contributed by atoms with Crippen molar-refractivity contribution in [2.75, 3.05) is 33.4 Å². The Bertz CT molecular complexity index is 557. The van der Waals surface area contributed by atoms with E-state index in [-0.39, 0.29) is 35.5 Å². The zero-order valence-electron chi connectivity index (χ0n) is 17.8. The van der Waals surface area contributed by atoms with Gasteiger partial charge in [-0.2, -0.15) is 0 Å². The van der Waals surface area contributed by atoms with E-state index in [0.717, 1.165) is 43.8 Å². The molecule has 1 aromatic heterocycles. The maximum Gasteiger partial charge on any atom is 0.191 e. The number of hydrogen-bond acceptors (Lipinski definition) is 5. The molecule has 1 heterocycles. The average Bonchev–Trinajstić information content (AvgIpc) is 2.90. The van der Waals surface area contributed by atoms with E-state index in [1.807, 2.05) is 25.5 Å². The molecule has 0 fully saturated rings. The van der Waals surface area contributed by atoms with Crippen LogP contribution in [0.1, 0.15) is 45.8 Å². The lowest BCUT2D eigenvalue weighted by Crippen LogP contribution is -2.45. The molecule has 1 unspecified atom stereocenters. The maximum absolute atomic E-state index is 5.62. The van der Waals surface area contributed by atoms with Crippen LogP contribution in [-0.2, 0) is 23.1 Å². The van der Waals surface area contributed by atoms with Crippen LogP contribution in [0.25, 0.3) is 0 Å². The third-order valence-corrected chi connectivity index (χ3v) is 4.23. The van der Waals surface area contributed by atoms with Gasteiger partial charge < -0.3 is 24.7 Å². The molecule has 2 N–H and O–H groups in total. The highest BCUT2D eigenvalue weighted by Crippen LogP contribution is 2.20. The van der Waals surface area contributed by atoms with E-state index in [9.17, 15) is 0 Å². The van der Waals surface area contributed by atoms with Crippen molar-refractivity contribution in [3.05, 3.63) is 11.6 Å². The summed E-state index contributed by atoms with van der Waals surface area (Å²) in [4.78, 5) is 4.65. The first-order valence-corrected chi connectivity index (χ1v) is 9.27. The third-order valence-electron chi connectivity index (χ3n) is 4.23. The highest BCUT2D eigenvalue weighted by molar-refractivity contribution is 14.0. The predicted molar refractivity (Wildman–Crippen MR) is 120 cm³/mol. The minimum Gasteiger partial charge on any atom is -0.382 e. The normalized spacial score (nSPS) is 13.2. The highest BCUT2D eigenvalue weighted by atomic mass is 127. The van der Waals surface area contributed by atoms with Crippen LogP contribution >= 0.6 is 24.0 Å². The van der Waals surface area contributed by atoms with Crippen molar-refractivity contribution in [2.24, 2.45) is 17.5 Å². The molecule has 27 heavy (non-hydrogen) atoms. The summed E-state index contributed by atoms with van der Waals surface area (Å²) >= 11 is 0. The van der Waals surface area contributed by atoms with Gasteiger partial charge in [-0.05, 0) is 25.7 Å². The monoisotopic (exact) mass is 496 g/mol. The Labute approximate surface area is 180 Å². The smallest absolute Gasteiger partial charge is 0.191 e. The number of aromatic nitrogens is 3. The molecule has 1 rings (SSSR count). The molecule has 158 valence electrons. The Kier molecular flexibility index (Phi) is 12.8. The molecule has 0 saturated heterocycles. The predicted octanol–water partition coefficient (Wildman–Crippen LogP) is 2.26. The summed E-state index contributed by atoms with van der Waals surface area (Å²) in [5.41, 5.74) is 0.0442. The molecule has 1 atom stereocenters. The van der Waals surface area contributed by atoms with Crippen molar-refractivity contribution >= 4 is 29.9 Å². The summed E-state index contributed by atoms with van der Waals surface area (Å²) in [5, 5.41) is 15.0. The summed E-state index contributed by atoms with van der Waals surface area (Å²) in [6.07, 6.45) is 1.000. The van der Waals surface area contributed by atoms with Crippen molar-refractivity contribution in [1.82, 2.24) is 25.4 Å². The molecular formula is C18H37IN6O2. The van der Waals surface area contributed by atoms with Crippen molar-refractivity contribution in [3.8, 4) is 0 Å². The van der Waals surface area contributed by atoms with Crippen LogP contribution in [-0.4, -0.2) is 60.2 Å². The lowest BCUT2D eigenvalue weighted by Gasteiger charge is -2.30. The molecular weight excluding hydrogens is 459 g/mol. The second-order valence-corrected chi connectivity index (χ2v) is 7.34. The van der Waals surface area contributed by atoms with Crippen molar-refractivity contribution in [2.45, 2.75) is 53.7 Å². The standard InChI is InChI=1S/C18H36N6O2.HI/c1-8-26-11-9-10-19-17(20-12-15(25-7)18(3,4)5)21-13-16-23-22-14(2)24(16)6;/h15H,8-13H2,1-7H3,(H2,19,20,21);1H. The second-order valence-electron chi connectivity index (χ2n) is 7.34. The molecule has 0 spiro atoms. The largest absolute Gasteiger partial charge is 0.382 e. The SMILES string of the molecule is CCOCCCNC(=NCc1nnc(C)n1C)NCC(OC)C(C)(C)C.I. The fraction of sp³-hybridized carbons (Fsp3) is 0.833. The van der Waals surface area contributed by atoms with Gasteiger partial charge in [0.15, 0.2) is 11.8 Å². The molecule has 9 heteroatoms. The molecule has 0 aliphatic carbocycles. The summed E-state index contributed by atoms with van der Waals surface area (Å²) < 4.78 is 12.9. The average molecular weight is 496 g/mol. The Morgan fingerprint density at radius 2 is 1.96 bits per heavy atom. The number of nitrogens with one attached hydrogen (secondary N) is 2. The van der Waals surface area contributed by atoms with Gasteiger partial charge in [-0.1, -0.05) is 20.8 Å². The van der Waals surface area contributed by atoms with Crippen LogP contribution in [0.5, 0.6) is 0 Å².